The summed E-state index contributed by atoms with van der Waals surface area (Å²) >= 11 is 0. The summed E-state index contributed by atoms with van der Waals surface area (Å²) in [7, 11) is 0. The standard InChI is InChI=1S/C19H23N3O6/c1-11-7-13-8-14(21-10-15(28-19(21)27)9-20-12(2)23)3-4-16(13)22(11)17(24)5-6-18(25)26/h3-4,8,11,15H,5-7,9-10H2,1-2H3,(H,20,23)(H,25,26)/t11-,15+/m1/s1. The first kappa shape index (κ1) is 19.7. The van der Waals surface area contributed by atoms with Crippen LogP contribution in [0.4, 0.5) is 16.2 Å². The maximum absolute atomic E-state index is 12.4. The number of carbonyl (C=O) groups is 4. The molecule has 9 heteroatoms. The number of ether oxygens (including phenoxy) is 1. The highest BCUT2D eigenvalue weighted by molar-refractivity contribution is 5.98. The van der Waals surface area contributed by atoms with Gasteiger partial charge in [0, 0.05) is 30.8 Å². The van der Waals surface area contributed by atoms with E-state index in [0.717, 1.165) is 11.3 Å². The number of rotatable bonds is 6. The molecule has 0 bridgehead atoms. The SMILES string of the molecule is CC(=O)NC[C@H]1CN(c2ccc3c(c2)C[C@@H](C)N3C(=O)CCC(=O)O)C(=O)O1. The van der Waals surface area contributed by atoms with E-state index in [9.17, 15) is 19.2 Å². The molecule has 0 radical (unpaired) electrons. The molecule has 1 aromatic carbocycles. The van der Waals surface area contributed by atoms with E-state index in [1.54, 1.807) is 17.0 Å². The first-order valence-corrected chi connectivity index (χ1v) is 9.15. The molecule has 1 saturated heterocycles. The minimum absolute atomic E-state index is 0.0514. The molecular formula is C19H23N3O6. The summed E-state index contributed by atoms with van der Waals surface area (Å²) in [6.07, 6.45) is -0.525. The van der Waals surface area contributed by atoms with Crippen LogP contribution in [0.3, 0.4) is 0 Å². The Labute approximate surface area is 162 Å². The van der Waals surface area contributed by atoms with Crippen molar-refractivity contribution in [3.05, 3.63) is 23.8 Å². The molecule has 9 nitrogen and oxygen atoms in total. The molecule has 150 valence electrons. The Balaban J connectivity index is 1.73. The number of carbonyl (C=O) groups excluding carboxylic acids is 3. The molecule has 0 aromatic heterocycles. The lowest BCUT2D eigenvalue weighted by molar-refractivity contribution is -0.138. The highest BCUT2D eigenvalue weighted by Gasteiger charge is 2.35. The van der Waals surface area contributed by atoms with Gasteiger partial charge in [0.05, 0.1) is 19.5 Å². The van der Waals surface area contributed by atoms with Gasteiger partial charge in [0.1, 0.15) is 6.10 Å². The summed E-state index contributed by atoms with van der Waals surface area (Å²) in [5.41, 5.74) is 2.34. The zero-order chi connectivity index (χ0) is 20.4. The lowest BCUT2D eigenvalue weighted by atomic mass is 10.1. The number of aliphatic carboxylic acids is 1. The molecule has 28 heavy (non-hydrogen) atoms. The second-order valence-corrected chi connectivity index (χ2v) is 7.08. The smallest absolute Gasteiger partial charge is 0.414 e. The molecule has 0 saturated carbocycles. The molecule has 3 rings (SSSR count). The van der Waals surface area contributed by atoms with Crippen LogP contribution in [0.15, 0.2) is 18.2 Å². The second-order valence-electron chi connectivity index (χ2n) is 7.08. The number of hydrogen-bond donors (Lipinski definition) is 2. The van der Waals surface area contributed by atoms with Gasteiger partial charge in [-0.3, -0.25) is 19.3 Å². The minimum atomic E-state index is -1.00. The fourth-order valence-corrected chi connectivity index (χ4v) is 3.60. The molecule has 3 amide bonds. The van der Waals surface area contributed by atoms with E-state index >= 15 is 0 Å². The largest absolute Gasteiger partial charge is 0.481 e. The Bertz CT molecular complexity index is 824. The number of anilines is 2. The van der Waals surface area contributed by atoms with E-state index in [1.807, 2.05) is 13.0 Å². The van der Waals surface area contributed by atoms with Gasteiger partial charge in [-0.15, -0.1) is 0 Å². The van der Waals surface area contributed by atoms with Crippen molar-refractivity contribution in [2.75, 3.05) is 22.9 Å². The first-order valence-electron chi connectivity index (χ1n) is 9.15. The van der Waals surface area contributed by atoms with Crippen molar-refractivity contribution in [2.45, 2.75) is 45.3 Å². The molecule has 2 N–H and O–H groups in total. The third-order valence-electron chi connectivity index (χ3n) is 4.86. The fraction of sp³-hybridized carbons (Fsp3) is 0.474. The minimum Gasteiger partial charge on any atom is -0.481 e. The number of carboxylic acids is 1. The molecule has 0 aliphatic carbocycles. The van der Waals surface area contributed by atoms with E-state index < -0.39 is 18.2 Å². The molecule has 2 aliphatic rings. The zero-order valence-electron chi connectivity index (χ0n) is 15.8. The highest BCUT2D eigenvalue weighted by Crippen LogP contribution is 2.36. The second kappa shape index (κ2) is 7.87. The van der Waals surface area contributed by atoms with Gasteiger partial charge >= 0.3 is 12.1 Å². The first-order chi connectivity index (χ1) is 13.3. The number of cyclic esters (lactones) is 1. The molecule has 1 aromatic rings. The number of hydrogen-bond acceptors (Lipinski definition) is 5. The molecule has 0 spiro atoms. The van der Waals surface area contributed by atoms with Crippen molar-refractivity contribution >= 4 is 35.3 Å². The topological polar surface area (TPSA) is 116 Å². The predicted molar refractivity (Wildman–Crippen MR) is 100 cm³/mol. The van der Waals surface area contributed by atoms with Gasteiger partial charge < -0.3 is 20.1 Å². The van der Waals surface area contributed by atoms with Crippen molar-refractivity contribution in [3.8, 4) is 0 Å². The molecular weight excluding hydrogens is 366 g/mol. The van der Waals surface area contributed by atoms with Crippen molar-refractivity contribution in [3.63, 3.8) is 0 Å². The summed E-state index contributed by atoms with van der Waals surface area (Å²) in [6.45, 7) is 3.89. The Morgan fingerprint density at radius 2 is 2.04 bits per heavy atom. The van der Waals surface area contributed by atoms with Crippen LogP contribution in [0.2, 0.25) is 0 Å². The number of fused-ring (bicyclic) bond motifs is 1. The summed E-state index contributed by atoms with van der Waals surface area (Å²) in [5, 5.41) is 11.4. The van der Waals surface area contributed by atoms with Gasteiger partial charge in [-0.2, -0.15) is 0 Å². The van der Waals surface area contributed by atoms with Crippen molar-refractivity contribution < 1.29 is 29.0 Å². The number of nitrogens with one attached hydrogen (secondary N) is 1. The Morgan fingerprint density at radius 1 is 1.29 bits per heavy atom. The van der Waals surface area contributed by atoms with Gasteiger partial charge in [0.25, 0.3) is 0 Å². The summed E-state index contributed by atoms with van der Waals surface area (Å²) in [6, 6.07) is 5.31. The van der Waals surface area contributed by atoms with Gasteiger partial charge in [-0.05, 0) is 37.1 Å². The predicted octanol–water partition coefficient (Wildman–Crippen LogP) is 1.29. The number of carboxylic acid groups (broad SMARTS) is 1. The van der Waals surface area contributed by atoms with Crippen LogP contribution in [0.1, 0.15) is 32.3 Å². The Kier molecular flexibility index (Phi) is 5.53. The zero-order valence-corrected chi connectivity index (χ0v) is 15.8. The van der Waals surface area contributed by atoms with E-state index in [4.69, 9.17) is 9.84 Å². The average molecular weight is 389 g/mol. The summed E-state index contributed by atoms with van der Waals surface area (Å²) in [4.78, 5) is 49.5. The summed E-state index contributed by atoms with van der Waals surface area (Å²) < 4.78 is 5.29. The van der Waals surface area contributed by atoms with Crippen molar-refractivity contribution in [1.82, 2.24) is 5.32 Å². The molecule has 2 heterocycles. The van der Waals surface area contributed by atoms with Gasteiger partial charge in [0.15, 0.2) is 0 Å². The quantitative estimate of drug-likeness (QED) is 0.757. The van der Waals surface area contributed by atoms with Crippen LogP contribution in [0, 0.1) is 0 Å². The van der Waals surface area contributed by atoms with Crippen LogP contribution in [-0.2, 0) is 25.5 Å². The van der Waals surface area contributed by atoms with E-state index in [0.29, 0.717) is 18.7 Å². The van der Waals surface area contributed by atoms with Crippen LogP contribution in [0.5, 0.6) is 0 Å². The lowest BCUT2D eigenvalue weighted by Crippen LogP contribution is -2.35. The molecule has 2 aliphatic heterocycles. The summed E-state index contributed by atoms with van der Waals surface area (Å²) in [5.74, 6) is -1.41. The van der Waals surface area contributed by atoms with E-state index in [1.165, 1.54) is 11.8 Å². The molecule has 0 unspecified atom stereocenters. The maximum atomic E-state index is 12.4. The maximum Gasteiger partial charge on any atom is 0.414 e. The van der Waals surface area contributed by atoms with Gasteiger partial charge in [0.2, 0.25) is 11.8 Å². The fourth-order valence-electron chi connectivity index (χ4n) is 3.60. The number of benzene rings is 1. The van der Waals surface area contributed by atoms with Crippen LogP contribution < -0.4 is 15.1 Å². The van der Waals surface area contributed by atoms with Crippen LogP contribution in [0.25, 0.3) is 0 Å². The normalized spacial score (nSPS) is 20.7. The third kappa shape index (κ3) is 4.08. The number of nitrogens with zero attached hydrogens (tertiary/aromatic N) is 2. The van der Waals surface area contributed by atoms with Gasteiger partial charge in [-0.25, -0.2) is 4.79 Å². The van der Waals surface area contributed by atoms with Crippen LogP contribution >= 0.6 is 0 Å². The highest BCUT2D eigenvalue weighted by atomic mass is 16.6. The van der Waals surface area contributed by atoms with Crippen molar-refractivity contribution in [2.24, 2.45) is 0 Å². The molecule has 2 atom stereocenters. The Hall–Kier alpha value is -3.10. The Morgan fingerprint density at radius 3 is 2.71 bits per heavy atom. The third-order valence-corrected chi connectivity index (χ3v) is 4.86. The lowest BCUT2D eigenvalue weighted by Gasteiger charge is -2.23. The van der Waals surface area contributed by atoms with E-state index in [2.05, 4.69) is 5.32 Å². The average Bonchev–Trinajstić information content (AvgIpc) is 3.16. The van der Waals surface area contributed by atoms with E-state index in [-0.39, 0.29) is 37.2 Å². The van der Waals surface area contributed by atoms with Crippen LogP contribution in [-0.4, -0.2) is 54.2 Å². The monoisotopic (exact) mass is 389 g/mol. The molecule has 1 fully saturated rings. The van der Waals surface area contributed by atoms with Gasteiger partial charge in [-0.1, -0.05) is 0 Å². The number of amides is 3. The van der Waals surface area contributed by atoms with Crippen molar-refractivity contribution in [1.29, 1.82) is 0 Å².